The second-order valence-corrected chi connectivity index (χ2v) is 8.68. The minimum atomic E-state index is -1.58. The third-order valence-electron chi connectivity index (χ3n) is 6.43. The number of carboxylic acids is 1. The van der Waals surface area contributed by atoms with Gasteiger partial charge in [-0.05, 0) is 24.3 Å². The SMILES string of the molecule is COC(=O)CC1CCCC2C(OC(NC=O)C(=O)C(CC(=O)O)OCc3ccccc3)C(=O)NC12. The number of hydrogen-bond acceptors (Lipinski definition) is 8. The number of ketones is 1. The number of rotatable bonds is 13. The first-order valence-corrected chi connectivity index (χ1v) is 11.5. The van der Waals surface area contributed by atoms with E-state index in [1.165, 1.54) is 7.11 Å². The van der Waals surface area contributed by atoms with Gasteiger partial charge in [-0.3, -0.25) is 24.0 Å². The van der Waals surface area contributed by atoms with E-state index in [1.54, 1.807) is 24.3 Å². The average Bonchev–Trinajstić information content (AvgIpc) is 3.17. The predicted molar refractivity (Wildman–Crippen MR) is 120 cm³/mol. The molecule has 1 saturated heterocycles. The molecule has 2 fully saturated rings. The Hall–Kier alpha value is -3.31. The van der Waals surface area contributed by atoms with Gasteiger partial charge in [-0.25, -0.2) is 0 Å². The summed E-state index contributed by atoms with van der Waals surface area (Å²) in [6.07, 6.45) is -2.19. The molecule has 1 heterocycles. The number of carbonyl (C=O) groups is 5. The molecular formula is C24H30N2O9. The highest BCUT2D eigenvalue weighted by molar-refractivity contribution is 5.92. The van der Waals surface area contributed by atoms with Gasteiger partial charge in [-0.2, -0.15) is 0 Å². The van der Waals surface area contributed by atoms with Crippen LogP contribution in [-0.4, -0.2) is 66.7 Å². The molecule has 0 spiro atoms. The van der Waals surface area contributed by atoms with E-state index >= 15 is 0 Å². The van der Waals surface area contributed by atoms with Gasteiger partial charge in [0.2, 0.25) is 18.1 Å². The molecule has 1 aliphatic heterocycles. The number of aliphatic carboxylic acids is 1. The zero-order valence-electron chi connectivity index (χ0n) is 19.4. The molecule has 190 valence electrons. The third-order valence-corrected chi connectivity index (χ3v) is 6.43. The lowest BCUT2D eigenvalue weighted by Gasteiger charge is -2.34. The fourth-order valence-electron chi connectivity index (χ4n) is 4.76. The number of methoxy groups -OCH3 is 1. The molecule has 1 aromatic carbocycles. The second-order valence-electron chi connectivity index (χ2n) is 8.68. The molecule has 2 aliphatic rings. The number of amides is 2. The van der Waals surface area contributed by atoms with Gasteiger partial charge in [0.15, 0.2) is 6.23 Å². The number of ether oxygens (including phenoxy) is 3. The smallest absolute Gasteiger partial charge is 0.306 e. The highest BCUT2D eigenvalue weighted by Gasteiger charge is 2.50. The summed E-state index contributed by atoms with van der Waals surface area (Å²) >= 11 is 0. The normalized spacial score (nSPS) is 25.0. The van der Waals surface area contributed by atoms with Crippen molar-refractivity contribution in [2.45, 2.75) is 63.2 Å². The summed E-state index contributed by atoms with van der Waals surface area (Å²) in [5.74, 6) is -3.37. The number of esters is 1. The maximum Gasteiger partial charge on any atom is 0.306 e. The Kier molecular flexibility index (Phi) is 9.32. The highest BCUT2D eigenvalue weighted by Crippen LogP contribution is 2.38. The molecule has 0 bridgehead atoms. The molecule has 0 radical (unpaired) electrons. The van der Waals surface area contributed by atoms with Crippen molar-refractivity contribution in [3.8, 4) is 0 Å². The molecule has 3 N–H and O–H groups in total. The van der Waals surface area contributed by atoms with Crippen LogP contribution in [-0.2, 0) is 44.8 Å². The van der Waals surface area contributed by atoms with E-state index in [1.807, 2.05) is 6.07 Å². The number of Topliss-reactive ketones (excluding diaryl/α,β-unsaturated/α-hetero) is 1. The lowest BCUT2D eigenvalue weighted by Crippen LogP contribution is -2.49. The van der Waals surface area contributed by atoms with Gasteiger partial charge in [0.25, 0.3) is 0 Å². The lowest BCUT2D eigenvalue weighted by molar-refractivity contribution is -0.161. The fraction of sp³-hybridized carbons (Fsp3) is 0.542. The van der Waals surface area contributed by atoms with Crippen LogP contribution in [0.1, 0.15) is 37.7 Å². The Bertz CT molecular complexity index is 923. The van der Waals surface area contributed by atoms with E-state index in [9.17, 15) is 29.1 Å². The molecule has 6 unspecified atom stereocenters. The fourth-order valence-corrected chi connectivity index (χ4v) is 4.76. The minimum absolute atomic E-state index is 0.0256. The summed E-state index contributed by atoms with van der Waals surface area (Å²) in [5.41, 5.74) is 0.730. The van der Waals surface area contributed by atoms with Gasteiger partial charge < -0.3 is 30.0 Å². The summed E-state index contributed by atoms with van der Waals surface area (Å²) < 4.78 is 16.1. The number of hydrogen-bond donors (Lipinski definition) is 3. The summed E-state index contributed by atoms with van der Waals surface area (Å²) in [4.78, 5) is 60.3. The lowest BCUT2D eigenvalue weighted by atomic mass is 9.75. The Morgan fingerprint density at radius 1 is 1.23 bits per heavy atom. The van der Waals surface area contributed by atoms with Crippen molar-refractivity contribution >= 4 is 30.0 Å². The number of benzene rings is 1. The maximum atomic E-state index is 13.2. The van der Waals surface area contributed by atoms with Gasteiger partial charge in [-0.15, -0.1) is 0 Å². The largest absolute Gasteiger partial charge is 0.481 e. The standard InChI is InChI=1S/C24H30N2O9/c1-33-19(30)10-15-8-5-9-16-20(15)26-23(32)22(16)35-24(25-13-27)21(31)17(11-18(28)29)34-12-14-6-3-2-4-7-14/h2-4,6-7,13,15-17,20,22,24H,5,8-12H2,1H3,(H,25,27)(H,26,32)(H,28,29). The Balaban J connectivity index is 1.72. The third kappa shape index (κ3) is 6.86. The van der Waals surface area contributed by atoms with Crippen molar-refractivity contribution in [3.63, 3.8) is 0 Å². The molecule has 35 heavy (non-hydrogen) atoms. The summed E-state index contributed by atoms with van der Waals surface area (Å²) in [6.45, 7) is -0.0256. The minimum Gasteiger partial charge on any atom is -0.481 e. The molecule has 1 aliphatic carbocycles. The van der Waals surface area contributed by atoms with Gasteiger partial charge in [-0.1, -0.05) is 36.8 Å². The van der Waals surface area contributed by atoms with Crippen LogP contribution in [0.25, 0.3) is 0 Å². The molecule has 11 nitrogen and oxygen atoms in total. The topological polar surface area (TPSA) is 157 Å². The first kappa shape index (κ1) is 26.3. The number of nitrogens with one attached hydrogen (secondary N) is 2. The molecular weight excluding hydrogens is 460 g/mol. The molecule has 0 aromatic heterocycles. The Morgan fingerprint density at radius 3 is 2.63 bits per heavy atom. The van der Waals surface area contributed by atoms with Crippen LogP contribution >= 0.6 is 0 Å². The van der Waals surface area contributed by atoms with Crippen LogP contribution in [0.3, 0.4) is 0 Å². The van der Waals surface area contributed by atoms with Crippen molar-refractivity contribution in [1.29, 1.82) is 0 Å². The van der Waals surface area contributed by atoms with Crippen LogP contribution in [0.4, 0.5) is 0 Å². The van der Waals surface area contributed by atoms with E-state index < -0.39 is 42.5 Å². The summed E-state index contributed by atoms with van der Waals surface area (Å²) in [7, 11) is 1.30. The van der Waals surface area contributed by atoms with Crippen molar-refractivity contribution in [2.75, 3.05) is 7.11 Å². The maximum absolute atomic E-state index is 13.2. The number of carbonyl (C=O) groups excluding carboxylic acids is 4. The van der Waals surface area contributed by atoms with Crippen LogP contribution in [0.2, 0.25) is 0 Å². The average molecular weight is 491 g/mol. The predicted octanol–water partition coefficient (Wildman–Crippen LogP) is 0.551. The van der Waals surface area contributed by atoms with Crippen molar-refractivity contribution in [3.05, 3.63) is 35.9 Å². The van der Waals surface area contributed by atoms with Crippen LogP contribution in [0.5, 0.6) is 0 Å². The molecule has 1 aromatic rings. The molecule has 11 heteroatoms. The summed E-state index contributed by atoms with van der Waals surface area (Å²) in [6, 6.07) is 8.55. The Labute approximate surface area is 202 Å². The van der Waals surface area contributed by atoms with E-state index in [4.69, 9.17) is 14.2 Å². The van der Waals surface area contributed by atoms with Crippen molar-refractivity contribution in [1.82, 2.24) is 10.6 Å². The van der Waals surface area contributed by atoms with E-state index in [-0.39, 0.29) is 43.3 Å². The number of carboxylic acid groups (broad SMARTS) is 1. The first-order chi connectivity index (χ1) is 16.8. The van der Waals surface area contributed by atoms with Crippen LogP contribution < -0.4 is 10.6 Å². The van der Waals surface area contributed by atoms with E-state index in [2.05, 4.69) is 10.6 Å². The highest BCUT2D eigenvalue weighted by atomic mass is 16.5. The first-order valence-electron chi connectivity index (χ1n) is 11.5. The van der Waals surface area contributed by atoms with Gasteiger partial charge in [0, 0.05) is 12.0 Å². The zero-order valence-corrected chi connectivity index (χ0v) is 19.4. The van der Waals surface area contributed by atoms with Gasteiger partial charge >= 0.3 is 11.9 Å². The van der Waals surface area contributed by atoms with Gasteiger partial charge in [0.05, 0.1) is 26.6 Å². The summed E-state index contributed by atoms with van der Waals surface area (Å²) in [5, 5.41) is 14.4. The molecule has 1 saturated carbocycles. The van der Waals surface area contributed by atoms with E-state index in [0.29, 0.717) is 6.42 Å². The van der Waals surface area contributed by atoms with E-state index in [0.717, 1.165) is 18.4 Å². The quantitative estimate of drug-likeness (QED) is 0.204. The second kappa shape index (κ2) is 12.4. The van der Waals surface area contributed by atoms with Crippen molar-refractivity contribution < 1.29 is 43.3 Å². The molecule has 3 rings (SSSR count). The zero-order chi connectivity index (χ0) is 25.4. The van der Waals surface area contributed by atoms with Crippen molar-refractivity contribution in [2.24, 2.45) is 11.8 Å². The van der Waals surface area contributed by atoms with Crippen LogP contribution in [0.15, 0.2) is 30.3 Å². The molecule has 6 atom stereocenters. The monoisotopic (exact) mass is 490 g/mol. The Morgan fingerprint density at radius 2 is 1.97 bits per heavy atom. The molecule has 2 amide bonds. The van der Waals surface area contributed by atoms with Crippen LogP contribution in [0, 0.1) is 11.8 Å². The number of fused-ring (bicyclic) bond motifs is 1. The van der Waals surface area contributed by atoms with Gasteiger partial charge in [0.1, 0.15) is 12.2 Å².